The van der Waals surface area contributed by atoms with Crippen LogP contribution in [0.5, 0.6) is 0 Å². The minimum atomic E-state index is -0.630. The second-order valence-corrected chi connectivity index (χ2v) is 3.52. The van der Waals surface area contributed by atoms with Gasteiger partial charge in [-0.3, -0.25) is 4.79 Å². The largest absolute Gasteiger partial charge is 0.481 e. The fourth-order valence-corrected chi connectivity index (χ4v) is 1.99. The molecule has 1 radical (unpaired) electrons. The third-order valence-electron chi connectivity index (χ3n) is 2.69. The zero-order valence-electron chi connectivity index (χ0n) is 7.68. The molecule has 1 rings (SSSR count). The van der Waals surface area contributed by atoms with Crippen molar-refractivity contribution in [2.45, 2.75) is 45.4 Å². The quantitative estimate of drug-likeness (QED) is 0.705. The first-order valence-electron chi connectivity index (χ1n) is 4.83. The van der Waals surface area contributed by atoms with Crippen molar-refractivity contribution in [2.24, 2.45) is 5.92 Å². The van der Waals surface area contributed by atoms with Gasteiger partial charge in [0.1, 0.15) is 0 Å². The molecule has 1 fully saturated rings. The Morgan fingerprint density at radius 1 is 1.42 bits per heavy atom. The van der Waals surface area contributed by atoms with Crippen molar-refractivity contribution >= 4 is 5.97 Å². The molecule has 0 aliphatic heterocycles. The van der Waals surface area contributed by atoms with E-state index in [-0.39, 0.29) is 5.92 Å². The summed E-state index contributed by atoms with van der Waals surface area (Å²) in [7, 11) is 0. The van der Waals surface area contributed by atoms with Crippen LogP contribution in [0.3, 0.4) is 0 Å². The number of carbonyl (C=O) groups is 1. The Morgan fingerprint density at radius 3 is 2.42 bits per heavy atom. The second kappa shape index (κ2) is 4.48. The lowest BCUT2D eigenvalue weighted by atomic mass is 9.79. The average molecular weight is 169 g/mol. The zero-order valence-corrected chi connectivity index (χ0v) is 7.68. The maximum absolute atomic E-state index is 10.8. The molecule has 1 unspecified atom stereocenters. The standard InChI is InChI=1S/C10H17O2/c1-2-9(10(11)12)8-6-4-3-5-7-8/h9H,2-7H2,1H3,(H,11,12). The molecule has 69 valence electrons. The molecule has 0 amide bonds. The third kappa shape index (κ3) is 2.23. The smallest absolute Gasteiger partial charge is 0.307 e. The van der Waals surface area contributed by atoms with E-state index in [1.807, 2.05) is 6.92 Å². The van der Waals surface area contributed by atoms with Crippen LogP contribution in [0, 0.1) is 11.8 Å². The van der Waals surface area contributed by atoms with Crippen LogP contribution in [-0.2, 0) is 4.79 Å². The summed E-state index contributed by atoms with van der Waals surface area (Å²) in [5.74, 6) is 0.482. The minimum Gasteiger partial charge on any atom is -0.481 e. The molecule has 0 aromatic rings. The van der Waals surface area contributed by atoms with Gasteiger partial charge in [0.25, 0.3) is 0 Å². The SMILES string of the molecule is CCC([C]1CCCCC1)C(=O)O. The van der Waals surface area contributed by atoms with Crippen molar-refractivity contribution in [1.29, 1.82) is 0 Å². The fourth-order valence-electron chi connectivity index (χ4n) is 1.99. The molecule has 0 bridgehead atoms. The van der Waals surface area contributed by atoms with Crippen LogP contribution in [0.1, 0.15) is 45.4 Å². The van der Waals surface area contributed by atoms with Gasteiger partial charge < -0.3 is 5.11 Å². The Kier molecular flexibility index (Phi) is 3.57. The highest BCUT2D eigenvalue weighted by atomic mass is 16.4. The molecule has 0 saturated heterocycles. The van der Waals surface area contributed by atoms with E-state index in [1.165, 1.54) is 25.2 Å². The molecule has 0 aromatic heterocycles. The topological polar surface area (TPSA) is 37.3 Å². The number of aliphatic carboxylic acids is 1. The van der Waals surface area contributed by atoms with Gasteiger partial charge >= 0.3 is 5.97 Å². The lowest BCUT2D eigenvalue weighted by Crippen LogP contribution is -2.23. The maximum Gasteiger partial charge on any atom is 0.307 e. The van der Waals surface area contributed by atoms with Crippen LogP contribution in [0.4, 0.5) is 0 Å². The molecule has 0 aromatic carbocycles. The molecule has 2 heteroatoms. The summed E-state index contributed by atoms with van der Waals surface area (Å²) in [6, 6.07) is 0. The summed E-state index contributed by atoms with van der Waals surface area (Å²) in [5, 5.41) is 8.90. The summed E-state index contributed by atoms with van der Waals surface area (Å²) < 4.78 is 0. The molecule has 0 spiro atoms. The molecule has 1 N–H and O–H groups in total. The van der Waals surface area contributed by atoms with Crippen LogP contribution in [0.25, 0.3) is 0 Å². The van der Waals surface area contributed by atoms with E-state index in [4.69, 9.17) is 5.11 Å². The minimum absolute atomic E-state index is 0.162. The Balaban J connectivity index is 2.46. The van der Waals surface area contributed by atoms with E-state index in [0.29, 0.717) is 0 Å². The number of carboxylic acid groups (broad SMARTS) is 1. The van der Waals surface area contributed by atoms with Gasteiger partial charge in [-0.25, -0.2) is 0 Å². The predicted octanol–water partition coefficient (Wildman–Crippen LogP) is 2.64. The maximum atomic E-state index is 10.8. The summed E-state index contributed by atoms with van der Waals surface area (Å²) in [5.41, 5.74) is 0. The molecule has 0 heterocycles. The lowest BCUT2D eigenvalue weighted by Gasteiger charge is -2.25. The van der Waals surface area contributed by atoms with E-state index in [9.17, 15) is 4.79 Å². The van der Waals surface area contributed by atoms with Gasteiger partial charge in [-0.15, -0.1) is 0 Å². The van der Waals surface area contributed by atoms with Crippen molar-refractivity contribution in [3.05, 3.63) is 5.92 Å². The van der Waals surface area contributed by atoms with E-state index < -0.39 is 5.97 Å². The van der Waals surface area contributed by atoms with Gasteiger partial charge in [0.15, 0.2) is 0 Å². The van der Waals surface area contributed by atoms with Crippen LogP contribution < -0.4 is 0 Å². The monoisotopic (exact) mass is 169 g/mol. The number of carboxylic acids is 1. The van der Waals surface area contributed by atoms with Gasteiger partial charge in [0.05, 0.1) is 5.92 Å². The van der Waals surface area contributed by atoms with Gasteiger partial charge in [-0.2, -0.15) is 0 Å². The van der Waals surface area contributed by atoms with Gasteiger partial charge in [-0.1, -0.05) is 26.2 Å². The Morgan fingerprint density at radius 2 is 2.00 bits per heavy atom. The number of hydrogen-bond donors (Lipinski definition) is 1. The molecule has 1 atom stereocenters. The Labute approximate surface area is 74.0 Å². The zero-order chi connectivity index (χ0) is 8.97. The van der Waals surface area contributed by atoms with Crippen LogP contribution >= 0.6 is 0 Å². The third-order valence-corrected chi connectivity index (χ3v) is 2.69. The second-order valence-electron chi connectivity index (χ2n) is 3.52. The average Bonchev–Trinajstić information content (AvgIpc) is 2.07. The first-order valence-corrected chi connectivity index (χ1v) is 4.83. The van der Waals surface area contributed by atoms with Crippen molar-refractivity contribution in [3.8, 4) is 0 Å². The first kappa shape index (κ1) is 9.56. The molecular formula is C10H17O2. The molecule has 12 heavy (non-hydrogen) atoms. The van der Waals surface area contributed by atoms with E-state index in [1.54, 1.807) is 0 Å². The normalized spacial score (nSPS) is 22.1. The van der Waals surface area contributed by atoms with Crippen molar-refractivity contribution < 1.29 is 9.90 Å². The molecule has 1 saturated carbocycles. The summed E-state index contributed by atoms with van der Waals surface area (Å²) in [6.07, 6.45) is 6.51. The molecule has 2 nitrogen and oxygen atoms in total. The highest BCUT2D eigenvalue weighted by molar-refractivity contribution is 5.72. The fraction of sp³-hybridized carbons (Fsp3) is 0.800. The first-order chi connectivity index (χ1) is 5.75. The van der Waals surface area contributed by atoms with Gasteiger partial charge in [0, 0.05) is 0 Å². The van der Waals surface area contributed by atoms with Crippen LogP contribution in [0.15, 0.2) is 0 Å². The lowest BCUT2D eigenvalue weighted by molar-refractivity contribution is -0.141. The molecule has 1 aliphatic rings. The van der Waals surface area contributed by atoms with E-state index in [2.05, 4.69) is 0 Å². The van der Waals surface area contributed by atoms with Crippen LogP contribution in [-0.4, -0.2) is 11.1 Å². The predicted molar refractivity (Wildman–Crippen MR) is 47.7 cm³/mol. The molecule has 1 aliphatic carbocycles. The summed E-state index contributed by atoms with van der Waals surface area (Å²) >= 11 is 0. The van der Waals surface area contributed by atoms with Gasteiger partial charge in [0.2, 0.25) is 0 Å². The Hall–Kier alpha value is -0.530. The van der Waals surface area contributed by atoms with Crippen molar-refractivity contribution in [1.82, 2.24) is 0 Å². The Bertz CT molecular complexity index is 148. The van der Waals surface area contributed by atoms with Gasteiger partial charge in [-0.05, 0) is 25.2 Å². The number of hydrogen-bond acceptors (Lipinski definition) is 1. The summed E-state index contributed by atoms with van der Waals surface area (Å²) in [6.45, 7) is 1.96. The molecular weight excluding hydrogens is 152 g/mol. The highest BCUT2D eigenvalue weighted by Crippen LogP contribution is 2.33. The number of rotatable bonds is 3. The van der Waals surface area contributed by atoms with E-state index >= 15 is 0 Å². The highest BCUT2D eigenvalue weighted by Gasteiger charge is 2.27. The van der Waals surface area contributed by atoms with Crippen molar-refractivity contribution in [2.75, 3.05) is 0 Å². The van der Waals surface area contributed by atoms with Crippen LogP contribution in [0.2, 0.25) is 0 Å². The van der Waals surface area contributed by atoms with Crippen molar-refractivity contribution in [3.63, 3.8) is 0 Å². The summed E-state index contributed by atoms with van der Waals surface area (Å²) in [4.78, 5) is 10.8. The van der Waals surface area contributed by atoms with E-state index in [0.717, 1.165) is 19.3 Å².